The molecule has 0 aliphatic rings. The highest BCUT2D eigenvalue weighted by Gasteiger charge is 2.21. The molecule has 0 fully saturated rings. The molecule has 0 aliphatic heterocycles. The summed E-state index contributed by atoms with van der Waals surface area (Å²) < 4.78 is 6.98. The Kier molecular flexibility index (Phi) is 5.81. The van der Waals surface area contributed by atoms with Gasteiger partial charge in [0.1, 0.15) is 5.75 Å². The largest absolute Gasteiger partial charge is 0.493 e. The van der Waals surface area contributed by atoms with Gasteiger partial charge in [-0.3, -0.25) is 0 Å². The van der Waals surface area contributed by atoms with Crippen LogP contribution in [-0.4, -0.2) is 11.6 Å². The minimum Gasteiger partial charge on any atom is -0.493 e. The van der Waals surface area contributed by atoms with Crippen molar-refractivity contribution in [3.8, 4) is 5.75 Å². The van der Waals surface area contributed by atoms with E-state index in [1.165, 1.54) is 5.56 Å². The highest BCUT2D eigenvalue weighted by molar-refractivity contribution is 9.10. The molecule has 0 saturated heterocycles. The van der Waals surface area contributed by atoms with Gasteiger partial charge in [-0.2, -0.15) is 0 Å². The number of hydrogen-bond acceptors (Lipinski definition) is 2. The Morgan fingerprint density at radius 1 is 1.42 bits per heavy atom. The zero-order valence-corrected chi connectivity index (χ0v) is 14.4. The van der Waals surface area contributed by atoms with Crippen LogP contribution in [0.15, 0.2) is 22.7 Å². The van der Waals surface area contributed by atoms with Gasteiger partial charge in [-0.05, 0) is 36.1 Å². The van der Waals surface area contributed by atoms with Crippen molar-refractivity contribution in [3.63, 3.8) is 0 Å². The van der Waals surface area contributed by atoms with Crippen molar-refractivity contribution < 1.29 is 4.74 Å². The second kappa shape index (κ2) is 6.71. The molecule has 0 spiro atoms. The van der Waals surface area contributed by atoms with E-state index < -0.39 is 0 Å². The number of benzene rings is 1. The number of rotatable bonds is 6. The first-order valence-corrected chi connectivity index (χ1v) is 7.66. The summed E-state index contributed by atoms with van der Waals surface area (Å²) in [5.41, 5.74) is 6.76. The Morgan fingerprint density at radius 2 is 2.05 bits per heavy atom. The zero-order valence-electron chi connectivity index (χ0n) is 12.0. The predicted octanol–water partition coefficient (Wildman–Crippen LogP) is 4.65. The molecule has 0 radical (unpaired) electrons. The van der Waals surface area contributed by atoms with Crippen LogP contribution in [0.25, 0.3) is 0 Å². The van der Waals surface area contributed by atoms with Crippen LogP contribution in [0.1, 0.15) is 45.6 Å². The van der Waals surface area contributed by atoms with Crippen LogP contribution in [0, 0.1) is 5.41 Å². The third-order valence-electron chi connectivity index (χ3n) is 3.25. The molecule has 2 nitrogen and oxygen atoms in total. The average Bonchev–Trinajstić information content (AvgIpc) is 2.30. The fraction of sp³-hybridized carbons (Fsp3) is 0.533. The lowest BCUT2D eigenvalue weighted by Crippen LogP contribution is -2.31. The number of halogens is 1. The molecule has 4 heteroatoms. The molecule has 1 aromatic rings. The molecular weight excluding hydrogens is 322 g/mol. The van der Waals surface area contributed by atoms with Gasteiger partial charge < -0.3 is 10.5 Å². The Balaban J connectivity index is 2.71. The molecule has 106 valence electrons. The maximum atomic E-state index is 5.90. The molecule has 1 rings (SSSR count). The molecule has 0 atom stereocenters. The quantitative estimate of drug-likeness (QED) is 0.763. The first-order valence-electron chi connectivity index (χ1n) is 6.46. The van der Waals surface area contributed by atoms with Gasteiger partial charge in [-0.25, -0.2) is 0 Å². The van der Waals surface area contributed by atoms with E-state index >= 15 is 0 Å². The van der Waals surface area contributed by atoms with Crippen molar-refractivity contribution in [2.75, 3.05) is 6.61 Å². The molecule has 0 amide bonds. The van der Waals surface area contributed by atoms with E-state index in [2.05, 4.69) is 35.8 Å². The number of nitrogens with two attached hydrogens (primary N) is 1. The topological polar surface area (TPSA) is 35.2 Å². The van der Waals surface area contributed by atoms with E-state index in [1.807, 2.05) is 26.0 Å². The van der Waals surface area contributed by atoms with Crippen molar-refractivity contribution in [1.29, 1.82) is 0 Å². The van der Waals surface area contributed by atoms with E-state index in [0.29, 0.717) is 17.5 Å². The fourth-order valence-electron chi connectivity index (χ4n) is 1.64. The molecule has 1 aromatic carbocycles. The summed E-state index contributed by atoms with van der Waals surface area (Å²) in [4.78, 5) is 0.538. The molecule has 0 heterocycles. The smallest absolute Gasteiger partial charge is 0.122 e. The second-order valence-corrected chi connectivity index (χ2v) is 7.04. The zero-order chi connectivity index (χ0) is 14.6. The molecule has 19 heavy (non-hydrogen) atoms. The monoisotopic (exact) mass is 343 g/mol. The van der Waals surface area contributed by atoms with E-state index in [9.17, 15) is 0 Å². The normalized spacial score (nSPS) is 11.7. The first kappa shape index (κ1) is 16.4. The summed E-state index contributed by atoms with van der Waals surface area (Å²) in [6, 6.07) is 6.12. The van der Waals surface area contributed by atoms with Crippen LogP contribution in [0.2, 0.25) is 0 Å². The maximum absolute atomic E-state index is 5.90. The molecule has 2 N–H and O–H groups in total. The summed E-state index contributed by atoms with van der Waals surface area (Å²) in [6.07, 6.45) is 0.815. The Morgan fingerprint density at radius 3 is 2.58 bits per heavy atom. The minimum absolute atomic E-state index is 0.164. The second-order valence-electron chi connectivity index (χ2n) is 5.68. The SMILES string of the molecule is CC(C)c1cc(Br)ccc1OCCC(C)(C)C(N)=S. The molecular formula is C15H22BrNOS. The summed E-state index contributed by atoms with van der Waals surface area (Å²) in [7, 11) is 0. The van der Waals surface area contributed by atoms with Gasteiger partial charge in [0.25, 0.3) is 0 Å². The Bertz CT molecular complexity index is 457. The Hall–Kier alpha value is -0.610. The Labute approximate surface area is 129 Å². The van der Waals surface area contributed by atoms with Gasteiger partial charge in [0.2, 0.25) is 0 Å². The fourth-order valence-corrected chi connectivity index (χ4v) is 2.12. The van der Waals surface area contributed by atoms with Crippen LogP contribution < -0.4 is 10.5 Å². The van der Waals surface area contributed by atoms with Gasteiger partial charge in [-0.15, -0.1) is 0 Å². The summed E-state index contributed by atoms with van der Waals surface area (Å²) in [5, 5.41) is 0. The molecule has 0 aromatic heterocycles. The number of hydrogen-bond donors (Lipinski definition) is 1. The highest BCUT2D eigenvalue weighted by atomic mass is 79.9. The number of ether oxygens (including phenoxy) is 1. The number of thiocarbonyl (C=S) groups is 1. The standard InChI is InChI=1S/C15H22BrNOS/c1-10(2)12-9-11(16)5-6-13(12)18-8-7-15(3,4)14(17)19/h5-6,9-10H,7-8H2,1-4H3,(H2,17,19). The van der Waals surface area contributed by atoms with Gasteiger partial charge in [0.05, 0.1) is 11.6 Å². The molecule has 0 unspecified atom stereocenters. The van der Waals surface area contributed by atoms with Crippen LogP contribution in [0.5, 0.6) is 5.75 Å². The third-order valence-corrected chi connectivity index (χ3v) is 4.29. The predicted molar refractivity (Wildman–Crippen MR) is 88.9 cm³/mol. The average molecular weight is 344 g/mol. The van der Waals surface area contributed by atoms with Crippen molar-refractivity contribution in [2.24, 2.45) is 11.1 Å². The van der Waals surface area contributed by atoms with Crippen molar-refractivity contribution in [1.82, 2.24) is 0 Å². The molecule has 0 aliphatic carbocycles. The van der Waals surface area contributed by atoms with Crippen LogP contribution in [0.4, 0.5) is 0 Å². The highest BCUT2D eigenvalue weighted by Crippen LogP contribution is 2.30. The molecule has 0 bridgehead atoms. The van der Waals surface area contributed by atoms with Gasteiger partial charge >= 0.3 is 0 Å². The van der Waals surface area contributed by atoms with Crippen LogP contribution in [-0.2, 0) is 0 Å². The van der Waals surface area contributed by atoms with E-state index in [4.69, 9.17) is 22.7 Å². The summed E-state index contributed by atoms with van der Waals surface area (Å²) in [5.74, 6) is 1.37. The summed E-state index contributed by atoms with van der Waals surface area (Å²) in [6.45, 7) is 9.03. The van der Waals surface area contributed by atoms with Crippen LogP contribution >= 0.6 is 28.1 Å². The third kappa shape index (κ3) is 4.77. The lowest BCUT2D eigenvalue weighted by Gasteiger charge is -2.23. The van der Waals surface area contributed by atoms with E-state index in [-0.39, 0.29) is 5.41 Å². The van der Waals surface area contributed by atoms with E-state index in [0.717, 1.165) is 16.6 Å². The maximum Gasteiger partial charge on any atom is 0.122 e. The van der Waals surface area contributed by atoms with Crippen molar-refractivity contribution in [2.45, 2.75) is 40.0 Å². The van der Waals surface area contributed by atoms with E-state index in [1.54, 1.807) is 0 Å². The van der Waals surface area contributed by atoms with Gasteiger partial charge in [-0.1, -0.05) is 55.8 Å². The minimum atomic E-state index is -0.164. The summed E-state index contributed by atoms with van der Waals surface area (Å²) >= 11 is 8.56. The lowest BCUT2D eigenvalue weighted by atomic mass is 9.90. The van der Waals surface area contributed by atoms with Crippen molar-refractivity contribution >= 4 is 33.1 Å². The first-order chi connectivity index (χ1) is 8.74. The lowest BCUT2D eigenvalue weighted by molar-refractivity contribution is 0.267. The van der Waals surface area contributed by atoms with Crippen molar-refractivity contribution in [3.05, 3.63) is 28.2 Å². The van der Waals surface area contributed by atoms with Crippen LogP contribution in [0.3, 0.4) is 0 Å². The van der Waals surface area contributed by atoms with Gasteiger partial charge in [0, 0.05) is 9.89 Å². The molecule has 0 saturated carbocycles. The van der Waals surface area contributed by atoms with Gasteiger partial charge in [0.15, 0.2) is 0 Å².